The fourth-order valence-electron chi connectivity index (χ4n) is 1.91. The molecule has 1 N–H and O–H groups in total. The van der Waals surface area contributed by atoms with Crippen molar-refractivity contribution in [1.29, 1.82) is 0 Å². The van der Waals surface area contributed by atoms with E-state index in [1.165, 1.54) is 12.1 Å². The standard InChI is InChI=1S/C12H23BrN4/c1-5-8-14-10(9(2)3)6-7-11-12(13)15-16-17(11)4/h9-10,14H,5-8H2,1-4H3. The zero-order chi connectivity index (χ0) is 12.8. The van der Waals surface area contributed by atoms with Crippen molar-refractivity contribution in [3.63, 3.8) is 0 Å². The molecule has 0 saturated heterocycles. The molecular weight excluding hydrogens is 280 g/mol. The van der Waals surface area contributed by atoms with Gasteiger partial charge in [0.15, 0.2) is 4.60 Å². The minimum absolute atomic E-state index is 0.566. The molecule has 1 rings (SSSR count). The molecule has 0 aliphatic heterocycles. The summed E-state index contributed by atoms with van der Waals surface area (Å²) in [6.45, 7) is 7.83. The van der Waals surface area contributed by atoms with E-state index in [0.29, 0.717) is 12.0 Å². The second-order valence-electron chi connectivity index (χ2n) is 4.79. The van der Waals surface area contributed by atoms with Gasteiger partial charge in [-0.25, -0.2) is 0 Å². The Bertz CT molecular complexity index is 316. The number of hydrogen-bond donors (Lipinski definition) is 1. The smallest absolute Gasteiger partial charge is 0.151 e. The molecule has 0 bridgehead atoms. The molecule has 17 heavy (non-hydrogen) atoms. The number of nitrogens with one attached hydrogen (secondary N) is 1. The highest BCUT2D eigenvalue weighted by Crippen LogP contribution is 2.16. The quantitative estimate of drug-likeness (QED) is 0.842. The Hall–Kier alpha value is -0.420. The van der Waals surface area contributed by atoms with Crippen molar-refractivity contribution in [1.82, 2.24) is 20.3 Å². The van der Waals surface area contributed by atoms with Crippen LogP contribution in [0, 0.1) is 5.92 Å². The van der Waals surface area contributed by atoms with Crippen LogP contribution in [0.3, 0.4) is 0 Å². The van der Waals surface area contributed by atoms with E-state index in [0.717, 1.165) is 24.0 Å². The van der Waals surface area contributed by atoms with Crippen molar-refractivity contribution < 1.29 is 0 Å². The summed E-state index contributed by atoms with van der Waals surface area (Å²) in [6.07, 6.45) is 3.31. The molecule has 0 aliphatic rings. The second-order valence-corrected chi connectivity index (χ2v) is 5.55. The molecule has 0 amide bonds. The summed E-state index contributed by atoms with van der Waals surface area (Å²) in [5.41, 5.74) is 1.17. The first-order valence-corrected chi connectivity index (χ1v) is 7.13. The second kappa shape index (κ2) is 7.11. The van der Waals surface area contributed by atoms with Crippen LogP contribution >= 0.6 is 15.9 Å². The maximum Gasteiger partial charge on any atom is 0.151 e. The summed E-state index contributed by atoms with van der Waals surface area (Å²) in [6, 6.07) is 0.566. The van der Waals surface area contributed by atoms with E-state index in [1.54, 1.807) is 0 Å². The normalized spacial score (nSPS) is 13.3. The lowest BCUT2D eigenvalue weighted by Crippen LogP contribution is -2.35. The van der Waals surface area contributed by atoms with Crippen LogP contribution in [0.5, 0.6) is 0 Å². The zero-order valence-electron chi connectivity index (χ0n) is 11.2. The fraction of sp³-hybridized carbons (Fsp3) is 0.833. The van der Waals surface area contributed by atoms with E-state index in [9.17, 15) is 0 Å². The summed E-state index contributed by atoms with van der Waals surface area (Å²) in [5.74, 6) is 0.654. The van der Waals surface area contributed by atoms with Gasteiger partial charge in [0.05, 0.1) is 5.69 Å². The molecule has 1 heterocycles. The number of aromatic nitrogens is 3. The van der Waals surface area contributed by atoms with Crippen LogP contribution in [0.1, 0.15) is 39.3 Å². The van der Waals surface area contributed by atoms with Crippen molar-refractivity contribution in [2.45, 2.75) is 46.1 Å². The highest BCUT2D eigenvalue weighted by Gasteiger charge is 2.15. The van der Waals surface area contributed by atoms with Crippen molar-refractivity contribution in [3.05, 3.63) is 10.3 Å². The molecule has 98 valence electrons. The van der Waals surface area contributed by atoms with E-state index < -0.39 is 0 Å². The Morgan fingerprint density at radius 1 is 1.41 bits per heavy atom. The SMILES string of the molecule is CCCNC(CCc1c(Br)nnn1C)C(C)C. The number of nitrogens with zero attached hydrogens (tertiary/aromatic N) is 3. The van der Waals surface area contributed by atoms with Crippen LogP contribution in [0.15, 0.2) is 4.60 Å². The average Bonchev–Trinajstić information content (AvgIpc) is 2.59. The third-order valence-corrected chi connectivity index (χ3v) is 3.67. The first kappa shape index (κ1) is 14.6. The van der Waals surface area contributed by atoms with Gasteiger partial charge in [-0.3, -0.25) is 4.68 Å². The number of rotatable bonds is 7. The van der Waals surface area contributed by atoms with Gasteiger partial charge in [0, 0.05) is 13.1 Å². The number of halogens is 1. The Kier molecular flexibility index (Phi) is 6.12. The lowest BCUT2D eigenvalue weighted by molar-refractivity contribution is 0.375. The molecule has 0 saturated carbocycles. The van der Waals surface area contributed by atoms with E-state index in [2.05, 4.69) is 52.3 Å². The number of aryl methyl sites for hydroxylation is 1. The molecule has 1 aromatic rings. The van der Waals surface area contributed by atoms with Gasteiger partial charge >= 0.3 is 0 Å². The highest BCUT2D eigenvalue weighted by atomic mass is 79.9. The maximum absolute atomic E-state index is 4.01. The molecule has 0 spiro atoms. The molecule has 1 atom stereocenters. The van der Waals surface area contributed by atoms with Gasteiger partial charge < -0.3 is 5.32 Å². The predicted octanol–water partition coefficient (Wildman–Crippen LogP) is 2.53. The summed E-state index contributed by atoms with van der Waals surface area (Å²) >= 11 is 3.44. The molecule has 1 unspecified atom stereocenters. The molecular formula is C12H23BrN4. The van der Waals surface area contributed by atoms with E-state index in [-0.39, 0.29) is 0 Å². The fourth-order valence-corrected chi connectivity index (χ4v) is 2.44. The molecule has 0 aromatic carbocycles. The third-order valence-electron chi connectivity index (χ3n) is 3.05. The molecule has 0 aliphatic carbocycles. The highest BCUT2D eigenvalue weighted by molar-refractivity contribution is 9.10. The van der Waals surface area contributed by atoms with Gasteiger partial charge in [-0.15, -0.1) is 5.10 Å². The van der Waals surface area contributed by atoms with Crippen LogP contribution in [0.25, 0.3) is 0 Å². The minimum Gasteiger partial charge on any atom is -0.314 e. The van der Waals surface area contributed by atoms with Gasteiger partial charge in [-0.1, -0.05) is 26.0 Å². The predicted molar refractivity (Wildman–Crippen MR) is 73.9 cm³/mol. The van der Waals surface area contributed by atoms with Crippen LogP contribution in [-0.4, -0.2) is 27.6 Å². The van der Waals surface area contributed by atoms with Crippen LogP contribution in [0.2, 0.25) is 0 Å². The lowest BCUT2D eigenvalue weighted by Gasteiger charge is -2.22. The van der Waals surface area contributed by atoms with E-state index >= 15 is 0 Å². The Morgan fingerprint density at radius 3 is 2.59 bits per heavy atom. The lowest BCUT2D eigenvalue weighted by atomic mass is 9.98. The van der Waals surface area contributed by atoms with Crippen LogP contribution in [-0.2, 0) is 13.5 Å². The summed E-state index contributed by atoms with van der Waals surface area (Å²) in [5, 5.41) is 11.6. The first-order valence-electron chi connectivity index (χ1n) is 6.33. The Labute approximate surface area is 112 Å². The topological polar surface area (TPSA) is 42.7 Å². The average molecular weight is 303 g/mol. The van der Waals surface area contributed by atoms with Gasteiger partial charge in [0.2, 0.25) is 0 Å². The summed E-state index contributed by atoms with van der Waals surface area (Å²) in [4.78, 5) is 0. The van der Waals surface area contributed by atoms with Crippen molar-refractivity contribution in [2.24, 2.45) is 13.0 Å². The van der Waals surface area contributed by atoms with Crippen molar-refractivity contribution >= 4 is 15.9 Å². The first-order chi connectivity index (χ1) is 8.06. The monoisotopic (exact) mass is 302 g/mol. The maximum atomic E-state index is 4.01. The van der Waals surface area contributed by atoms with Gasteiger partial charge in [0.25, 0.3) is 0 Å². The van der Waals surface area contributed by atoms with Gasteiger partial charge in [-0.2, -0.15) is 0 Å². The Balaban J connectivity index is 2.51. The van der Waals surface area contributed by atoms with Gasteiger partial charge in [-0.05, 0) is 47.7 Å². The zero-order valence-corrected chi connectivity index (χ0v) is 12.8. The largest absolute Gasteiger partial charge is 0.314 e. The number of hydrogen-bond acceptors (Lipinski definition) is 3. The summed E-state index contributed by atoms with van der Waals surface area (Å²) in [7, 11) is 1.94. The van der Waals surface area contributed by atoms with Crippen molar-refractivity contribution in [2.75, 3.05) is 6.54 Å². The molecule has 0 fully saturated rings. The molecule has 0 radical (unpaired) electrons. The molecule has 1 aromatic heterocycles. The van der Waals surface area contributed by atoms with E-state index in [1.807, 2.05) is 11.7 Å². The van der Waals surface area contributed by atoms with Gasteiger partial charge in [0.1, 0.15) is 0 Å². The summed E-state index contributed by atoms with van der Waals surface area (Å²) < 4.78 is 2.72. The van der Waals surface area contributed by atoms with E-state index in [4.69, 9.17) is 0 Å². The minimum atomic E-state index is 0.566. The Morgan fingerprint density at radius 2 is 2.12 bits per heavy atom. The van der Waals surface area contributed by atoms with Crippen LogP contribution in [0.4, 0.5) is 0 Å². The molecule has 4 nitrogen and oxygen atoms in total. The molecule has 5 heteroatoms. The van der Waals surface area contributed by atoms with Crippen LogP contribution < -0.4 is 5.32 Å². The third kappa shape index (κ3) is 4.39. The van der Waals surface area contributed by atoms with Crippen molar-refractivity contribution in [3.8, 4) is 0 Å².